The van der Waals surface area contributed by atoms with Crippen molar-refractivity contribution in [3.8, 4) is 0 Å². The number of hydrogen-bond donors (Lipinski definition) is 1. The quantitative estimate of drug-likeness (QED) is 0.813. The number of nitrogens with one attached hydrogen (secondary N) is 1. The van der Waals surface area contributed by atoms with Crippen LogP contribution in [0.3, 0.4) is 0 Å². The molecule has 1 heterocycles. The molecule has 1 N–H and O–H groups in total. The van der Waals surface area contributed by atoms with E-state index < -0.39 is 0 Å². The molecule has 1 aromatic rings. The second-order valence-electron chi connectivity index (χ2n) is 6.53. The minimum atomic E-state index is 0.436. The first kappa shape index (κ1) is 15.5. The minimum Gasteiger partial charge on any atom is -0.381 e. The smallest absolute Gasteiger partial charge is 0.0495 e. The first-order valence-electron chi connectivity index (χ1n) is 8.05. The molecule has 1 fully saturated rings. The van der Waals surface area contributed by atoms with Gasteiger partial charge in [-0.2, -0.15) is 0 Å². The van der Waals surface area contributed by atoms with E-state index in [0.29, 0.717) is 6.04 Å². The molecule has 1 aliphatic rings. The van der Waals surface area contributed by atoms with Gasteiger partial charge in [-0.1, -0.05) is 38.1 Å². The SMILES string of the molecule is CC(C)Cc1ccc(C(C)NCCC2CCOC2)cc1. The van der Waals surface area contributed by atoms with Crippen LogP contribution in [0.15, 0.2) is 24.3 Å². The van der Waals surface area contributed by atoms with Crippen LogP contribution >= 0.6 is 0 Å². The molecule has 20 heavy (non-hydrogen) atoms. The lowest BCUT2D eigenvalue weighted by atomic mass is 9.99. The molecule has 1 saturated heterocycles. The molecular weight excluding hydrogens is 246 g/mol. The van der Waals surface area contributed by atoms with Gasteiger partial charge >= 0.3 is 0 Å². The zero-order valence-electron chi connectivity index (χ0n) is 13.2. The average Bonchev–Trinajstić information content (AvgIpc) is 2.92. The van der Waals surface area contributed by atoms with E-state index in [1.807, 2.05) is 0 Å². The second kappa shape index (κ2) is 7.80. The molecular formula is C18H29NO. The predicted molar refractivity (Wildman–Crippen MR) is 84.9 cm³/mol. The van der Waals surface area contributed by atoms with Crippen molar-refractivity contribution in [2.24, 2.45) is 11.8 Å². The molecule has 0 saturated carbocycles. The highest BCUT2D eigenvalue weighted by atomic mass is 16.5. The summed E-state index contributed by atoms with van der Waals surface area (Å²) in [6.45, 7) is 9.79. The highest BCUT2D eigenvalue weighted by molar-refractivity contribution is 5.25. The van der Waals surface area contributed by atoms with Crippen LogP contribution in [0.4, 0.5) is 0 Å². The van der Waals surface area contributed by atoms with E-state index >= 15 is 0 Å². The molecule has 0 spiro atoms. The van der Waals surface area contributed by atoms with Crippen LogP contribution < -0.4 is 5.32 Å². The Morgan fingerprint density at radius 3 is 2.55 bits per heavy atom. The summed E-state index contributed by atoms with van der Waals surface area (Å²) in [7, 11) is 0. The van der Waals surface area contributed by atoms with Crippen molar-refractivity contribution in [1.82, 2.24) is 5.32 Å². The summed E-state index contributed by atoms with van der Waals surface area (Å²) in [4.78, 5) is 0. The van der Waals surface area contributed by atoms with E-state index in [0.717, 1.165) is 31.6 Å². The van der Waals surface area contributed by atoms with Crippen molar-refractivity contribution < 1.29 is 4.74 Å². The molecule has 2 heteroatoms. The molecule has 112 valence electrons. The second-order valence-corrected chi connectivity index (χ2v) is 6.53. The van der Waals surface area contributed by atoms with Gasteiger partial charge in [0.25, 0.3) is 0 Å². The Morgan fingerprint density at radius 2 is 1.95 bits per heavy atom. The largest absolute Gasteiger partial charge is 0.381 e. The maximum Gasteiger partial charge on any atom is 0.0495 e. The normalized spacial score (nSPS) is 20.5. The molecule has 0 aliphatic carbocycles. The molecule has 2 nitrogen and oxygen atoms in total. The van der Waals surface area contributed by atoms with Crippen LogP contribution in [0.1, 0.15) is 50.8 Å². The highest BCUT2D eigenvalue weighted by Crippen LogP contribution is 2.18. The summed E-state index contributed by atoms with van der Waals surface area (Å²) in [6.07, 6.45) is 3.64. The van der Waals surface area contributed by atoms with E-state index in [9.17, 15) is 0 Å². The third-order valence-electron chi connectivity index (χ3n) is 4.15. The first-order valence-corrected chi connectivity index (χ1v) is 8.05. The number of benzene rings is 1. The zero-order chi connectivity index (χ0) is 14.4. The number of rotatable bonds is 7. The van der Waals surface area contributed by atoms with Gasteiger partial charge in [-0.3, -0.25) is 0 Å². The van der Waals surface area contributed by atoms with Gasteiger partial charge in [-0.25, -0.2) is 0 Å². The van der Waals surface area contributed by atoms with Crippen molar-refractivity contribution in [3.05, 3.63) is 35.4 Å². The molecule has 1 aromatic carbocycles. The van der Waals surface area contributed by atoms with Gasteiger partial charge in [0.05, 0.1) is 0 Å². The summed E-state index contributed by atoms with van der Waals surface area (Å²) >= 11 is 0. The highest BCUT2D eigenvalue weighted by Gasteiger charge is 2.15. The van der Waals surface area contributed by atoms with Crippen molar-refractivity contribution >= 4 is 0 Å². The standard InChI is InChI=1S/C18H29NO/c1-14(2)12-16-4-6-18(7-5-16)15(3)19-10-8-17-9-11-20-13-17/h4-7,14-15,17,19H,8-13H2,1-3H3. The summed E-state index contributed by atoms with van der Waals surface area (Å²) in [5, 5.41) is 3.63. The van der Waals surface area contributed by atoms with E-state index in [2.05, 4.69) is 50.4 Å². The van der Waals surface area contributed by atoms with E-state index in [4.69, 9.17) is 4.74 Å². The Balaban J connectivity index is 1.75. The van der Waals surface area contributed by atoms with E-state index in [1.54, 1.807) is 0 Å². The molecule has 0 amide bonds. The molecule has 0 bridgehead atoms. The molecule has 2 atom stereocenters. The van der Waals surface area contributed by atoms with E-state index in [1.165, 1.54) is 30.4 Å². The van der Waals surface area contributed by atoms with Gasteiger partial charge < -0.3 is 10.1 Å². The Morgan fingerprint density at radius 1 is 1.20 bits per heavy atom. The third kappa shape index (κ3) is 4.92. The van der Waals surface area contributed by atoms with Gasteiger partial charge in [0.15, 0.2) is 0 Å². The van der Waals surface area contributed by atoms with Crippen LogP contribution in [-0.2, 0) is 11.2 Å². The summed E-state index contributed by atoms with van der Waals surface area (Å²) in [5.41, 5.74) is 2.83. The average molecular weight is 275 g/mol. The van der Waals surface area contributed by atoms with Crippen LogP contribution in [0.2, 0.25) is 0 Å². The van der Waals surface area contributed by atoms with Crippen molar-refractivity contribution in [2.75, 3.05) is 19.8 Å². The predicted octanol–water partition coefficient (Wildman–Crippen LogP) is 3.96. The van der Waals surface area contributed by atoms with Crippen molar-refractivity contribution in [2.45, 2.75) is 46.1 Å². The molecule has 2 rings (SSSR count). The minimum absolute atomic E-state index is 0.436. The van der Waals surface area contributed by atoms with Gasteiger partial charge in [0.1, 0.15) is 0 Å². The van der Waals surface area contributed by atoms with E-state index in [-0.39, 0.29) is 0 Å². The van der Waals surface area contributed by atoms with Crippen molar-refractivity contribution in [3.63, 3.8) is 0 Å². The maximum absolute atomic E-state index is 5.42. The Hall–Kier alpha value is -0.860. The summed E-state index contributed by atoms with van der Waals surface area (Å²) in [5.74, 6) is 1.49. The van der Waals surface area contributed by atoms with Gasteiger partial charge in [-0.05, 0) is 55.7 Å². The van der Waals surface area contributed by atoms with Gasteiger partial charge in [-0.15, -0.1) is 0 Å². The Bertz CT molecular complexity index is 379. The topological polar surface area (TPSA) is 21.3 Å². The third-order valence-corrected chi connectivity index (χ3v) is 4.15. The lowest BCUT2D eigenvalue weighted by Crippen LogP contribution is -2.22. The fraction of sp³-hybridized carbons (Fsp3) is 0.667. The fourth-order valence-electron chi connectivity index (χ4n) is 2.85. The zero-order valence-corrected chi connectivity index (χ0v) is 13.2. The Kier molecular flexibility index (Phi) is 6.06. The molecule has 1 aliphatic heterocycles. The first-order chi connectivity index (χ1) is 9.65. The van der Waals surface area contributed by atoms with Crippen molar-refractivity contribution in [1.29, 1.82) is 0 Å². The molecule has 0 radical (unpaired) electrons. The lowest BCUT2D eigenvalue weighted by Gasteiger charge is -2.16. The Labute approximate surface area is 123 Å². The lowest BCUT2D eigenvalue weighted by molar-refractivity contribution is 0.184. The monoisotopic (exact) mass is 275 g/mol. The van der Waals surface area contributed by atoms with Gasteiger partial charge in [0, 0.05) is 19.3 Å². The molecule has 2 unspecified atom stereocenters. The summed E-state index contributed by atoms with van der Waals surface area (Å²) < 4.78 is 5.42. The maximum atomic E-state index is 5.42. The number of ether oxygens (including phenoxy) is 1. The van der Waals surface area contributed by atoms with Crippen LogP contribution in [-0.4, -0.2) is 19.8 Å². The summed E-state index contributed by atoms with van der Waals surface area (Å²) in [6, 6.07) is 9.53. The van der Waals surface area contributed by atoms with Crippen LogP contribution in [0.25, 0.3) is 0 Å². The fourth-order valence-corrected chi connectivity index (χ4v) is 2.85. The van der Waals surface area contributed by atoms with Gasteiger partial charge in [0.2, 0.25) is 0 Å². The van der Waals surface area contributed by atoms with Crippen LogP contribution in [0.5, 0.6) is 0 Å². The number of hydrogen-bond acceptors (Lipinski definition) is 2. The molecule has 0 aromatic heterocycles. The van der Waals surface area contributed by atoms with Crippen LogP contribution in [0, 0.1) is 11.8 Å².